The molecule has 0 saturated heterocycles. The molecule has 0 N–H and O–H groups in total. The molecule has 0 aliphatic carbocycles. The fourth-order valence-corrected chi connectivity index (χ4v) is 3.28. The molecule has 0 fully saturated rings. The zero-order chi connectivity index (χ0) is 12.3. The molecule has 17 heavy (non-hydrogen) atoms. The first kappa shape index (κ1) is 12.6. The summed E-state index contributed by atoms with van der Waals surface area (Å²) in [6.45, 7) is 4.19. The Morgan fingerprint density at radius 1 is 1.29 bits per heavy atom. The molecule has 0 saturated carbocycles. The van der Waals surface area contributed by atoms with Gasteiger partial charge in [0, 0.05) is 17.2 Å². The average molecular weight is 266 g/mol. The zero-order valence-electron chi connectivity index (χ0n) is 10.2. The second kappa shape index (κ2) is 5.65. The highest BCUT2D eigenvalue weighted by molar-refractivity contribution is 7.11. The van der Waals surface area contributed by atoms with Crippen molar-refractivity contribution in [2.75, 3.05) is 5.88 Å². The highest BCUT2D eigenvalue weighted by Gasteiger charge is 2.07. The van der Waals surface area contributed by atoms with E-state index in [2.05, 4.69) is 43.1 Å². The van der Waals surface area contributed by atoms with Crippen LogP contribution in [0.25, 0.3) is 0 Å². The number of benzene rings is 1. The number of halogens is 1. The zero-order valence-corrected chi connectivity index (χ0v) is 11.7. The van der Waals surface area contributed by atoms with Gasteiger partial charge in [0.25, 0.3) is 0 Å². The molecule has 0 radical (unpaired) electrons. The van der Waals surface area contributed by atoms with Crippen LogP contribution in [-0.2, 0) is 12.8 Å². The summed E-state index contributed by atoms with van der Waals surface area (Å²) in [5.74, 6) is 0.674. The molecule has 0 atom stereocenters. The summed E-state index contributed by atoms with van der Waals surface area (Å²) in [7, 11) is 0. The van der Waals surface area contributed by atoms with Crippen molar-refractivity contribution in [2.45, 2.75) is 26.7 Å². The highest BCUT2D eigenvalue weighted by atomic mass is 35.5. The van der Waals surface area contributed by atoms with Crippen LogP contribution in [0.15, 0.2) is 24.3 Å². The summed E-state index contributed by atoms with van der Waals surface area (Å²) < 4.78 is 0. The summed E-state index contributed by atoms with van der Waals surface area (Å²) in [4.78, 5) is 5.94. The van der Waals surface area contributed by atoms with Crippen LogP contribution in [0.5, 0.6) is 0 Å². The van der Waals surface area contributed by atoms with Crippen LogP contribution in [0.2, 0.25) is 0 Å². The molecule has 0 spiro atoms. The molecule has 1 aromatic carbocycles. The van der Waals surface area contributed by atoms with Crippen LogP contribution in [-0.4, -0.2) is 10.9 Å². The number of hydrogen-bond donors (Lipinski definition) is 0. The van der Waals surface area contributed by atoms with Gasteiger partial charge in [0.2, 0.25) is 0 Å². The predicted molar refractivity (Wildman–Crippen MR) is 75.3 cm³/mol. The minimum Gasteiger partial charge on any atom is -0.246 e. The van der Waals surface area contributed by atoms with E-state index in [4.69, 9.17) is 11.6 Å². The Hall–Kier alpha value is -0.860. The van der Waals surface area contributed by atoms with E-state index in [1.54, 1.807) is 11.3 Å². The number of nitrogens with zero attached hydrogens (tertiary/aromatic N) is 1. The number of aryl methyl sites for hydroxylation is 3. The van der Waals surface area contributed by atoms with Gasteiger partial charge < -0.3 is 0 Å². The number of aromatic nitrogens is 1. The van der Waals surface area contributed by atoms with Crippen LogP contribution in [0, 0.1) is 13.8 Å². The Kier molecular flexibility index (Phi) is 4.19. The quantitative estimate of drug-likeness (QED) is 0.758. The third-order valence-electron chi connectivity index (χ3n) is 2.70. The van der Waals surface area contributed by atoms with E-state index in [9.17, 15) is 0 Å². The number of alkyl halides is 1. The molecular weight excluding hydrogens is 250 g/mol. The molecule has 3 heteroatoms. The number of rotatable bonds is 4. The van der Waals surface area contributed by atoms with Crippen LogP contribution in [0.3, 0.4) is 0 Å². The lowest BCUT2D eigenvalue weighted by molar-refractivity contribution is 1.07. The first-order chi connectivity index (χ1) is 8.19. The molecule has 90 valence electrons. The molecule has 1 nitrogen and oxygen atoms in total. The SMILES string of the molecule is Cc1cccc(Cc2nc(C)c(CCCl)s2)c1. The Bertz CT molecular complexity index is 505. The summed E-state index contributed by atoms with van der Waals surface area (Å²) in [6.07, 6.45) is 1.86. The maximum absolute atomic E-state index is 5.78. The molecule has 0 amide bonds. The lowest BCUT2D eigenvalue weighted by Gasteiger charge is -1.99. The molecule has 0 bridgehead atoms. The van der Waals surface area contributed by atoms with Gasteiger partial charge in [0.15, 0.2) is 0 Å². The fraction of sp³-hybridized carbons (Fsp3) is 0.357. The first-order valence-corrected chi connectivity index (χ1v) is 7.11. The van der Waals surface area contributed by atoms with Crippen molar-refractivity contribution in [1.82, 2.24) is 4.98 Å². The minimum absolute atomic E-state index is 0.674. The smallest absolute Gasteiger partial charge is 0.0974 e. The monoisotopic (exact) mass is 265 g/mol. The van der Waals surface area contributed by atoms with Gasteiger partial charge in [0.1, 0.15) is 0 Å². The molecule has 0 unspecified atom stereocenters. The third-order valence-corrected chi connectivity index (χ3v) is 4.10. The van der Waals surface area contributed by atoms with E-state index < -0.39 is 0 Å². The van der Waals surface area contributed by atoms with Crippen LogP contribution < -0.4 is 0 Å². The van der Waals surface area contributed by atoms with Gasteiger partial charge in [0.05, 0.1) is 10.7 Å². The van der Waals surface area contributed by atoms with Crippen molar-refractivity contribution in [3.63, 3.8) is 0 Å². The topological polar surface area (TPSA) is 12.9 Å². The normalized spacial score (nSPS) is 10.8. The van der Waals surface area contributed by atoms with Crippen molar-refractivity contribution in [2.24, 2.45) is 0 Å². The van der Waals surface area contributed by atoms with Gasteiger partial charge in [-0.25, -0.2) is 4.98 Å². The van der Waals surface area contributed by atoms with Gasteiger partial charge in [-0.15, -0.1) is 22.9 Å². The van der Waals surface area contributed by atoms with Crippen molar-refractivity contribution in [1.29, 1.82) is 0 Å². The van der Waals surface area contributed by atoms with Crippen molar-refractivity contribution in [3.05, 3.63) is 51.0 Å². The van der Waals surface area contributed by atoms with E-state index in [1.807, 2.05) is 0 Å². The largest absolute Gasteiger partial charge is 0.246 e. The van der Waals surface area contributed by atoms with Gasteiger partial charge in [-0.1, -0.05) is 29.8 Å². The number of hydrogen-bond acceptors (Lipinski definition) is 2. The number of thiazole rings is 1. The summed E-state index contributed by atoms with van der Waals surface area (Å²) in [5.41, 5.74) is 3.77. The van der Waals surface area contributed by atoms with E-state index >= 15 is 0 Å². The summed E-state index contributed by atoms with van der Waals surface area (Å²) in [6, 6.07) is 8.60. The molecular formula is C14H16ClNS. The van der Waals surface area contributed by atoms with Gasteiger partial charge in [-0.3, -0.25) is 0 Å². The van der Waals surface area contributed by atoms with Gasteiger partial charge in [-0.2, -0.15) is 0 Å². The van der Waals surface area contributed by atoms with E-state index in [1.165, 1.54) is 21.0 Å². The predicted octanol–water partition coefficient (Wildman–Crippen LogP) is 4.13. The van der Waals surface area contributed by atoms with Gasteiger partial charge in [-0.05, 0) is 25.8 Å². The Labute approximate surface area is 111 Å². The molecule has 1 aromatic heterocycles. The second-order valence-electron chi connectivity index (χ2n) is 4.22. The van der Waals surface area contributed by atoms with Crippen molar-refractivity contribution >= 4 is 22.9 Å². The van der Waals surface area contributed by atoms with Crippen LogP contribution in [0.4, 0.5) is 0 Å². The molecule has 2 aromatic rings. The third kappa shape index (κ3) is 3.30. The average Bonchev–Trinajstić information content (AvgIpc) is 2.60. The Morgan fingerprint density at radius 3 is 2.82 bits per heavy atom. The second-order valence-corrected chi connectivity index (χ2v) is 5.77. The van der Waals surface area contributed by atoms with E-state index in [0.717, 1.165) is 18.5 Å². The minimum atomic E-state index is 0.674. The Morgan fingerprint density at radius 2 is 2.12 bits per heavy atom. The molecule has 0 aliphatic rings. The molecule has 0 aliphatic heterocycles. The standard InChI is InChI=1S/C14H16ClNS/c1-10-4-3-5-12(8-10)9-14-16-11(2)13(17-14)6-7-15/h3-5,8H,6-7,9H2,1-2H3. The van der Waals surface area contributed by atoms with Crippen molar-refractivity contribution in [3.8, 4) is 0 Å². The molecule has 1 heterocycles. The first-order valence-electron chi connectivity index (χ1n) is 5.75. The van der Waals surface area contributed by atoms with E-state index in [0.29, 0.717) is 5.88 Å². The lowest BCUT2D eigenvalue weighted by atomic mass is 10.1. The van der Waals surface area contributed by atoms with E-state index in [-0.39, 0.29) is 0 Å². The summed E-state index contributed by atoms with van der Waals surface area (Å²) >= 11 is 7.57. The lowest BCUT2D eigenvalue weighted by Crippen LogP contribution is -1.88. The Balaban J connectivity index is 2.16. The van der Waals surface area contributed by atoms with Crippen LogP contribution in [0.1, 0.15) is 26.7 Å². The fourth-order valence-electron chi connectivity index (χ4n) is 1.88. The maximum Gasteiger partial charge on any atom is 0.0974 e. The van der Waals surface area contributed by atoms with Crippen LogP contribution >= 0.6 is 22.9 Å². The van der Waals surface area contributed by atoms with Crippen molar-refractivity contribution < 1.29 is 0 Å². The highest BCUT2D eigenvalue weighted by Crippen LogP contribution is 2.21. The van der Waals surface area contributed by atoms with Gasteiger partial charge >= 0.3 is 0 Å². The summed E-state index contributed by atoms with van der Waals surface area (Å²) in [5, 5.41) is 1.19. The maximum atomic E-state index is 5.78. The molecule has 2 rings (SSSR count).